The zero-order chi connectivity index (χ0) is 13.4. The molecule has 0 unspecified atom stereocenters. The summed E-state index contributed by atoms with van der Waals surface area (Å²) in [5, 5.41) is 0. The molecule has 20 heavy (non-hydrogen) atoms. The molecule has 4 atom stereocenters. The largest absolute Gasteiger partial charge is 0.496 e. The van der Waals surface area contributed by atoms with Crippen molar-refractivity contribution in [2.45, 2.75) is 24.4 Å². The molecule has 4 bridgehead atoms. The highest BCUT2D eigenvalue weighted by Gasteiger charge is 2.47. The maximum atomic E-state index is 5.96. The van der Waals surface area contributed by atoms with Crippen molar-refractivity contribution in [1.29, 1.82) is 0 Å². The predicted octanol–water partition coefficient (Wildman–Crippen LogP) is 3.07. The molecule has 0 saturated heterocycles. The molecule has 0 saturated carbocycles. The summed E-state index contributed by atoms with van der Waals surface area (Å²) in [6.45, 7) is 0. The zero-order valence-electron chi connectivity index (χ0n) is 11.3. The van der Waals surface area contributed by atoms with Crippen LogP contribution < -0.4 is 9.47 Å². The molecule has 0 spiro atoms. The fraction of sp³-hybridized carbons (Fsp3) is 0.375. The molecule has 0 radical (unpaired) electrons. The Labute approximate surface area is 116 Å². The minimum atomic E-state index is -0.0211. The van der Waals surface area contributed by atoms with Gasteiger partial charge in [0.15, 0.2) is 0 Å². The van der Waals surface area contributed by atoms with Crippen LogP contribution in [-0.2, 0) is 9.47 Å². The van der Waals surface area contributed by atoms with Crippen molar-refractivity contribution in [3.63, 3.8) is 0 Å². The first-order valence-electron chi connectivity index (χ1n) is 6.82. The maximum Gasteiger partial charge on any atom is 0.132 e. The quantitative estimate of drug-likeness (QED) is 0.774. The van der Waals surface area contributed by atoms with Gasteiger partial charge in [0.2, 0.25) is 0 Å². The van der Waals surface area contributed by atoms with E-state index in [4.69, 9.17) is 18.9 Å². The molecule has 4 aliphatic heterocycles. The number of hydrogen-bond donors (Lipinski definition) is 0. The van der Waals surface area contributed by atoms with E-state index in [0.29, 0.717) is 0 Å². The van der Waals surface area contributed by atoms with Crippen molar-refractivity contribution in [1.82, 2.24) is 0 Å². The Morgan fingerprint density at radius 3 is 1.20 bits per heavy atom. The van der Waals surface area contributed by atoms with Crippen LogP contribution in [0.1, 0.15) is 46.7 Å². The highest BCUT2D eigenvalue weighted by Crippen LogP contribution is 2.62. The summed E-state index contributed by atoms with van der Waals surface area (Å²) < 4.78 is 23.4. The predicted molar refractivity (Wildman–Crippen MR) is 71.0 cm³/mol. The molecule has 102 valence electrons. The molecule has 0 aromatic heterocycles. The zero-order valence-corrected chi connectivity index (χ0v) is 11.3. The lowest BCUT2D eigenvalue weighted by molar-refractivity contribution is 0.0807. The summed E-state index contributed by atoms with van der Waals surface area (Å²) in [6, 6.07) is 0. The van der Waals surface area contributed by atoms with E-state index in [1.807, 2.05) is 0 Å². The first kappa shape index (κ1) is 10.9. The van der Waals surface area contributed by atoms with Gasteiger partial charge < -0.3 is 18.9 Å². The average molecular weight is 270 g/mol. The van der Waals surface area contributed by atoms with Crippen LogP contribution in [0, 0.1) is 0 Å². The lowest BCUT2D eigenvalue weighted by Crippen LogP contribution is -2.08. The molecule has 0 fully saturated rings. The van der Waals surface area contributed by atoms with Crippen LogP contribution in [0.25, 0.3) is 0 Å². The molecule has 4 aliphatic rings. The molecule has 4 heteroatoms. The monoisotopic (exact) mass is 270 g/mol. The van der Waals surface area contributed by atoms with E-state index >= 15 is 0 Å². The minimum Gasteiger partial charge on any atom is -0.496 e. The summed E-state index contributed by atoms with van der Waals surface area (Å²) in [5.74, 6) is 1.81. The van der Waals surface area contributed by atoms with Gasteiger partial charge in [-0.3, -0.25) is 0 Å². The number of hydrogen-bond acceptors (Lipinski definition) is 4. The third-order valence-electron chi connectivity index (χ3n) is 4.61. The van der Waals surface area contributed by atoms with Crippen molar-refractivity contribution in [2.24, 2.45) is 0 Å². The summed E-state index contributed by atoms with van der Waals surface area (Å²) in [7, 11) is 3.43. The van der Waals surface area contributed by atoms with Gasteiger partial charge in [0.25, 0.3) is 0 Å². The van der Waals surface area contributed by atoms with Gasteiger partial charge in [-0.1, -0.05) is 24.3 Å². The normalized spacial score (nSPS) is 33.7. The van der Waals surface area contributed by atoms with Crippen LogP contribution in [0.15, 0.2) is 24.3 Å². The molecule has 1 aromatic rings. The van der Waals surface area contributed by atoms with Gasteiger partial charge in [0.1, 0.15) is 35.9 Å². The number of fused-ring (bicyclic) bond motifs is 10. The lowest BCUT2D eigenvalue weighted by Gasteiger charge is -2.22. The first-order valence-corrected chi connectivity index (χ1v) is 6.82. The number of ether oxygens (including phenoxy) is 4. The van der Waals surface area contributed by atoms with Crippen LogP contribution in [0.4, 0.5) is 0 Å². The average Bonchev–Trinajstić information content (AvgIpc) is 3.23. The van der Waals surface area contributed by atoms with E-state index in [1.54, 1.807) is 14.2 Å². The van der Waals surface area contributed by atoms with Crippen molar-refractivity contribution < 1.29 is 18.9 Å². The van der Waals surface area contributed by atoms with Crippen molar-refractivity contribution in [3.8, 4) is 11.5 Å². The Bertz CT molecular complexity index is 580. The van der Waals surface area contributed by atoms with Gasteiger partial charge in [-0.2, -0.15) is 0 Å². The summed E-state index contributed by atoms with van der Waals surface area (Å²) in [6.07, 6.45) is 8.27. The van der Waals surface area contributed by atoms with Gasteiger partial charge in [0.05, 0.1) is 14.2 Å². The molecule has 0 amide bonds. The molecule has 0 N–H and O–H groups in total. The van der Waals surface area contributed by atoms with E-state index in [2.05, 4.69) is 24.3 Å². The Hall–Kier alpha value is -1.78. The van der Waals surface area contributed by atoms with Crippen molar-refractivity contribution >= 4 is 0 Å². The topological polar surface area (TPSA) is 36.9 Å². The van der Waals surface area contributed by atoms with Gasteiger partial charge in [-0.05, 0) is 0 Å². The van der Waals surface area contributed by atoms with Crippen LogP contribution in [0.2, 0.25) is 0 Å². The number of benzene rings is 1. The molecule has 4 nitrogen and oxygen atoms in total. The van der Waals surface area contributed by atoms with E-state index < -0.39 is 0 Å². The van der Waals surface area contributed by atoms with Crippen LogP contribution in [0.5, 0.6) is 11.5 Å². The van der Waals surface area contributed by atoms with E-state index in [-0.39, 0.29) is 24.4 Å². The fourth-order valence-electron chi connectivity index (χ4n) is 3.91. The third-order valence-corrected chi connectivity index (χ3v) is 4.61. The summed E-state index contributed by atoms with van der Waals surface area (Å²) >= 11 is 0. The Morgan fingerprint density at radius 1 is 0.650 bits per heavy atom. The highest BCUT2D eigenvalue weighted by molar-refractivity contribution is 5.69. The van der Waals surface area contributed by atoms with Gasteiger partial charge >= 0.3 is 0 Å². The highest BCUT2D eigenvalue weighted by atomic mass is 16.5. The van der Waals surface area contributed by atoms with Crippen LogP contribution in [0.3, 0.4) is 0 Å². The van der Waals surface area contributed by atoms with Crippen molar-refractivity contribution in [3.05, 3.63) is 46.6 Å². The molecule has 0 aliphatic carbocycles. The fourth-order valence-corrected chi connectivity index (χ4v) is 3.91. The standard InChI is InChI=1S/C16H14O4/c1-17-15-11-7-3-5-9(19-7)13(11)16(18-2)14-10-6-4-8(20-10)12(14)15/h3-10H,1-2H3/t7-,8-,9-,10-/m1/s1. The first-order chi connectivity index (χ1) is 9.83. The van der Waals surface area contributed by atoms with E-state index in [1.165, 1.54) is 0 Å². The molecule has 4 heterocycles. The smallest absolute Gasteiger partial charge is 0.132 e. The Balaban J connectivity index is 1.89. The molecule has 5 rings (SSSR count). The molecular formula is C16H14O4. The van der Waals surface area contributed by atoms with Crippen molar-refractivity contribution in [2.75, 3.05) is 14.2 Å². The SMILES string of the molecule is COc1c2c(c(OC)c3c1[C@H]1C=C[C@H]3O1)[C@H]1C=C[C@H]2O1. The summed E-state index contributed by atoms with van der Waals surface area (Å²) in [4.78, 5) is 0. The third kappa shape index (κ3) is 1.04. The van der Waals surface area contributed by atoms with Gasteiger partial charge in [0, 0.05) is 22.3 Å². The van der Waals surface area contributed by atoms with E-state index in [0.717, 1.165) is 33.8 Å². The second-order valence-electron chi connectivity index (χ2n) is 5.45. The summed E-state index contributed by atoms with van der Waals surface area (Å²) in [5.41, 5.74) is 4.45. The minimum absolute atomic E-state index is 0.0211. The number of methoxy groups -OCH3 is 2. The van der Waals surface area contributed by atoms with Gasteiger partial charge in [-0.15, -0.1) is 0 Å². The lowest BCUT2D eigenvalue weighted by atomic mass is 9.85. The molecular weight excluding hydrogens is 256 g/mol. The second-order valence-corrected chi connectivity index (χ2v) is 5.45. The molecule has 1 aromatic carbocycles. The second kappa shape index (κ2) is 3.45. The Morgan fingerprint density at radius 2 is 0.950 bits per heavy atom. The van der Waals surface area contributed by atoms with Gasteiger partial charge in [-0.25, -0.2) is 0 Å². The maximum absolute atomic E-state index is 5.96. The van der Waals surface area contributed by atoms with Crippen LogP contribution in [-0.4, -0.2) is 14.2 Å². The van der Waals surface area contributed by atoms with E-state index in [9.17, 15) is 0 Å². The Kier molecular flexibility index (Phi) is 1.89. The number of rotatable bonds is 2. The van der Waals surface area contributed by atoms with Crippen LogP contribution >= 0.6 is 0 Å².